The van der Waals surface area contributed by atoms with Gasteiger partial charge >= 0.3 is 0 Å². The van der Waals surface area contributed by atoms with Crippen molar-refractivity contribution in [1.82, 2.24) is 0 Å². The van der Waals surface area contributed by atoms with E-state index in [1.807, 2.05) is 60.7 Å². The third-order valence-corrected chi connectivity index (χ3v) is 4.92. The van der Waals surface area contributed by atoms with E-state index in [1.54, 1.807) is 18.2 Å². The summed E-state index contributed by atoms with van der Waals surface area (Å²) in [5, 5.41) is 10.0. The Balaban J connectivity index is 1.61. The van der Waals surface area contributed by atoms with Crippen LogP contribution in [0.5, 0.6) is 11.5 Å². The van der Waals surface area contributed by atoms with Crippen LogP contribution in [0, 0.1) is 0 Å². The summed E-state index contributed by atoms with van der Waals surface area (Å²) >= 11 is 2.21. The molecule has 1 N–H and O–H groups in total. The van der Waals surface area contributed by atoms with Crippen molar-refractivity contribution in [3.8, 4) is 11.5 Å². The molecule has 0 aliphatic rings. The topological polar surface area (TPSA) is 46.5 Å². The summed E-state index contributed by atoms with van der Waals surface area (Å²) in [6.45, 7) is 0.515. The van der Waals surface area contributed by atoms with Gasteiger partial charge < -0.3 is 9.84 Å². The first kappa shape index (κ1) is 19.2. The summed E-state index contributed by atoms with van der Waals surface area (Å²) in [7, 11) is 0. The highest BCUT2D eigenvalue weighted by Crippen LogP contribution is 2.22. The highest BCUT2D eigenvalue weighted by molar-refractivity contribution is 14.1. The van der Waals surface area contributed by atoms with Gasteiger partial charge in [-0.15, -0.1) is 0 Å². The van der Waals surface area contributed by atoms with Gasteiger partial charge in [-0.3, -0.25) is 4.79 Å². The zero-order valence-corrected chi connectivity index (χ0v) is 16.8. The Bertz CT molecular complexity index is 932. The van der Waals surface area contributed by atoms with Crippen molar-refractivity contribution in [2.45, 2.75) is 11.0 Å². The molecule has 3 nitrogen and oxygen atoms in total. The van der Waals surface area contributed by atoms with Crippen molar-refractivity contribution in [2.24, 2.45) is 0 Å². The monoisotopic (exact) mass is 470 g/mol. The van der Waals surface area contributed by atoms with Crippen LogP contribution in [0.4, 0.5) is 0 Å². The largest absolute Gasteiger partial charge is 0.507 e. The Morgan fingerprint density at radius 3 is 2.37 bits per heavy atom. The van der Waals surface area contributed by atoms with E-state index < -0.39 is 0 Å². The Hall–Kier alpha value is -2.60. The van der Waals surface area contributed by atoms with Crippen LogP contribution in [0.1, 0.15) is 27.0 Å². The van der Waals surface area contributed by atoms with E-state index in [2.05, 4.69) is 22.6 Å². The molecule has 0 aliphatic carbocycles. The first-order valence-corrected chi connectivity index (χ1v) is 10.1. The van der Waals surface area contributed by atoms with E-state index in [9.17, 15) is 9.90 Å². The Kier molecular flexibility index (Phi) is 6.65. The third kappa shape index (κ3) is 5.44. The van der Waals surface area contributed by atoms with Crippen molar-refractivity contribution < 1.29 is 14.6 Å². The van der Waals surface area contributed by atoms with Gasteiger partial charge in [-0.2, -0.15) is 0 Å². The van der Waals surface area contributed by atoms with Gasteiger partial charge in [0.05, 0.1) is 5.56 Å². The number of hydrogen-bond donors (Lipinski definition) is 1. The van der Waals surface area contributed by atoms with Gasteiger partial charge in [0.1, 0.15) is 18.1 Å². The maximum atomic E-state index is 12.3. The number of ether oxygens (including phenoxy) is 1. The van der Waals surface area contributed by atoms with Gasteiger partial charge in [-0.05, 0) is 47.0 Å². The van der Waals surface area contributed by atoms with Gasteiger partial charge in [0.2, 0.25) is 0 Å². The summed E-state index contributed by atoms with van der Waals surface area (Å²) in [4.78, 5) is 12.3. The Labute approximate surface area is 172 Å². The number of carbonyl (C=O) groups is 1. The molecule has 0 heterocycles. The molecule has 3 aromatic carbocycles. The minimum Gasteiger partial charge on any atom is -0.507 e. The molecular formula is C23H19IO3. The number of phenolic OH excluding ortho intramolecular Hbond substituents is 1. The lowest BCUT2D eigenvalue weighted by Crippen LogP contribution is -1.96. The summed E-state index contributed by atoms with van der Waals surface area (Å²) in [6, 6.07) is 22.7. The van der Waals surface area contributed by atoms with Crippen molar-refractivity contribution >= 4 is 34.5 Å². The summed E-state index contributed by atoms with van der Waals surface area (Å²) in [5.41, 5.74) is 3.29. The van der Waals surface area contributed by atoms with Crippen LogP contribution in [0.15, 0.2) is 78.9 Å². The summed E-state index contributed by atoms with van der Waals surface area (Å²) in [6.07, 6.45) is 3.20. The smallest absolute Gasteiger partial charge is 0.189 e. The van der Waals surface area contributed by atoms with Crippen LogP contribution in [0.25, 0.3) is 6.08 Å². The predicted octanol–water partition coefficient (Wildman–Crippen LogP) is 5.80. The van der Waals surface area contributed by atoms with E-state index in [1.165, 1.54) is 6.08 Å². The number of halogens is 1. The summed E-state index contributed by atoms with van der Waals surface area (Å²) < 4.78 is 6.54. The molecule has 136 valence electrons. The van der Waals surface area contributed by atoms with Crippen LogP contribution in [-0.2, 0) is 11.0 Å². The van der Waals surface area contributed by atoms with Crippen molar-refractivity contribution in [1.29, 1.82) is 0 Å². The van der Waals surface area contributed by atoms with Crippen molar-refractivity contribution in [3.05, 3.63) is 101 Å². The molecule has 3 rings (SSSR count). The highest BCUT2D eigenvalue weighted by Gasteiger charge is 2.08. The van der Waals surface area contributed by atoms with Crippen LogP contribution in [-0.4, -0.2) is 10.9 Å². The number of allylic oxidation sites excluding steroid dienone is 1. The van der Waals surface area contributed by atoms with Crippen LogP contribution >= 0.6 is 22.6 Å². The van der Waals surface area contributed by atoms with Crippen LogP contribution in [0.2, 0.25) is 0 Å². The lowest BCUT2D eigenvalue weighted by atomic mass is 10.1. The molecule has 0 saturated carbocycles. The van der Waals surface area contributed by atoms with Gasteiger partial charge in [-0.1, -0.05) is 77.2 Å². The number of aromatic hydroxyl groups is 1. The number of hydrogen-bond acceptors (Lipinski definition) is 3. The molecule has 0 fully saturated rings. The number of alkyl halides is 1. The normalized spacial score (nSPS) is 10.9. The molecule has 0 bridgehead atoms. The number of rotatable bonds is 7. The fourth-order valence-electron chi connectivity index (χ4n) is 2.55. The van der Waals surface area contributed by atoms with Gasteiger partial charge in [0, 0.05) is 4.43 Å². The molecule has 0 spiro atoms. The standard InChI is InChI=1S/C23H19IO3/c24-15-19-8-12-21(23(26)14-19)22(25)13-9-17-6-10-20(11-7-17)27-16-18-4-2-1-3-5-18/h1-14,26H,15-16H2. The van der Waals surface area contributed by atoms with E-state index in [4.69, 9.17) is 4.74 Å². The quantitative estimate of drug-likeness (QED) is 0.206. The molecule has 0 atom stereocenters. The maximum absolute atomic E-state index is 12.3. The molecule has 0 amide bonds. The fourth-order valence-corrected chi connectivity index (χ4v) is 3.02. The SMILES string of the molecule is O=C(C=Cc1ccc(OCc2ccccc2)cc1)c1ccc(CI)cc1O. The van der Waals surface area contributed by atoms with E-state index in [0.717, 1.165) is 26.9 Å². The number of carbonyl (C=O) groups excluding carboxylic acids is 1. The molecular weight excluding hydrogens is 451 g/mol. The second kappa shape index (κ2) is 9.37. The molecule has 3 aromatic rings. The first-order valence-electron chi connectivity index (χ1n) is 8.53. The van der Waals surface area contributed by atoms with Gasteiger partial charge in [-0.25, -0.2) is 0 Å². The second-order valence-corrected chi connectivity index (χ2v) is 6.79. The van der Waals surface area contributed by atoms with E-state index in [0.29, 0.717) is 12.2 Å². The molecule has 0 aliphatic heterocycles. The van der Waals surface area contributed by atoms with Gasteiger partial charge in [0.15, 0.2) is 5.78 Å². The van der Waals surface area contributed by atoms with Crippen molar-refractivity contribution in [2.75, 3.05) is 0 Å². The lowest BCUT2D eigenvalue weighted by molar-refractivity contribution is 0.104. The second-order valence-electron chi connectivity index (χ2n) is 6.03. The number of phenols is 1. The zero-order chi connectivity index (χ0) is 19.1. The predicted molar refractivity (Wildman–Crippen MR) is 116 cm³/mol. The minimum atomic E-state index is -0.225. The van der Waals surface area contributed by atoms with E-state index >= 15 is 0 Å². The molecule has 0 radical (unpaired) electrons. The molecule has 0 saturated heterocycles. The molecule has 0 unspecified atom stereocenters. The molecule has 4 heteroatoms. The maximum Gasteiger partial charge on any atom is 0.189 e. The van der Waals surface area contributed by atoms with E-state index in [-0.39, 0.29) is 11.5 Å². The fraction of sp³-hybridized carbons (Fsp3) is 0.0870. The number of benzene rings is 3. The minimum absolute atomic E-state index is 0.0171. The average Bonchev–Trinajstić information content (AvgIpc) is 2.72. The molecule has 0 aromatic heterocycles. The summed E-state index contributed by atoms with van der Waals surface area (Å²) in [5.74, 6) is 0.565. The average molecular weight is 470 g/mol. The van der Waals surface area contributed by atoms with Crippen molar-refractivity contribution in [3.63, 3.8) is 0 Å². The van der Waals surface area contributed by atoms with Gasteiger partial charge in [0.25, 0.3) is 0 Å². The molecule has 27 heavy (non-hydrogen) atoms. The van der Waals surface area contributed by atoms with Crippen LogP contribution < -0.4 is 4.74 Å². The number of ketones is 1. The van der Waals surface area contributed by atoms with Crippen LogP contribution in [0.3, 0.4) is 0 Å². The Morgan fingerprint density at radius 1 is 0.963 bits per heavy atom. The Morgan fingerprint density at radius 2 is 1.70 bits per heavy atom. The highest BCUT2D eigenvalue weighted by atomic mass is 127. The first-order chi connectivity index (χ1) is 13.2. The third-order valence-electron chi connectivity index (χ3n) is 4.04. The zero-order valence-electron chi connectivity index (χ0n) is 14.6. The lowest BCUT2D eigenvalue weighted by Gasteiger charge is -2.06.